The minimum absolute atomic E-state index is 0.0151. The van der Waals surface area contributed by atoms with Gasteiger partial charge in [-0.25, -0.2) is 0 Å². The third-order valence-corrected chi connectivity index (χ3v) is 3.94. The van der Waals surface area contributed by atoms with Crippen molar-refractivity contribution in [3.63, 3.8) is 0 Å². The first-order valence-electron chi connectivity index (χ1n) is 7.41. The van der Waals surface area contributed by atoms with Crippen LogP contribution in [0, 0.1) is 0 Å². The molecule has 0 unspecified atom stereocenters. The summed E-state index contributed by atoms with van der Waals surface area (Å²) >= 11 is 5.82. The van der Waals surface area contributed by atoms with E-state index in [1.807, 2.05) is 17.0 Å². The number of amides is 1. The Balaban J connectivity index is 1.47. The first-order chi connectivity index (χ1) is 11.2. The van der Waals surface area contributed by atoms with E-state index in [1.54, 1.807) is 30.5 Å². The highest BCUT2D eigenvalue weighted by Crippen LogP contribution is 2.16. The number of halogens is 1. The summed E-state index contributed by atoms with van der Waals surface area (Å²) in [6, 6.07) is 10.8. The van der Waals surface area contributed by atoms with Crippen molar-refractivity contribution in [1.29, 1.82) is 0 Å². The quantitative estimate of drug-likeness (QED) is 0.855. The molecular formula is C16H17ClN4O2. The number of benzene rings is 1. The monoisotopic (exact) mass is 332 g/mol. The number of carbonyl (C=O) groups is 1. The Morgan fingerprint density at radius 1 is 1.13 bits per heavy atom. The van der Waals surface area contributed by atoms with E-state index < -0.39 is 0 Å². The zero-order valence-corrected chi connectivity index (χ0v) is 13.3. The van der Waals surface area contributed by atoms with Crippen LogP contribution in [0.15, 0.2) is 42.6 Å². The molecule has 0 N–H and O–H groups in total. The number of hydrogen-bond acceptors (Lipinski definition) is 5. The number of anilines is 1. The van der Waals surface area contributed by atoms with Crippen molar-refractivity contribution in [2.45, 2.75) is 0 Å². The Kier molecular flexibility index (Phi) is 4.92. The summed E-state index contributed by atoms with van der Waals surface area (Å²) in [6.45, 7) is 2.82. The lowest BCUT2D eigenvalue weighted by atomic mass is 10.3. The highest BCUT2D eigenvalue weighted by atomic mass is 35.5. The zero-order chi connectivity index (χ0) is 16.1. The van der Waals surface area contributed by atoms with Crippen LogP contribution in [0.1, 0.15) is 0 Å². The van der Waals surface area contributed by atoms with E-state index in [4.69, 9.17) is 16.3 Å². The maximum Gasteiger partial charge on any atom is 0.260 e. The zero-order valence-electron chi connectivity index (χ0n) is 12.6. The molecule has 23 heavy (non-hydrogen) atoms. The lowest BCUT2D eigenvalue weighted by Crippen LogP contribution is -2.50. The predicted octanol–water partition coefficient (Wildman–Crippen LogP) is 1.86. The molecule has 0 saturated carbocycles. The van der Waals surface area contributed by atoms with Crippen molar-refractivity contribution in [1.82, 2.24) is 15.1 Å². The Morgan fingerprint density at radius 3 is 2.52 bits per heavy atom. The van der Waals surface area contributed by atoms with E-state index in [-0.39, 0.29) is 12.5 Å². The van der Waals surface area contributed by atoms with Crippen LogP contribution in [0.4, 0.5) is 5.82 Å². The van der Waals surface area contributed by atoms with Crippen LogP contribution < -0.4 is 9.64 Å². The number of piperazine rings is 1. The molecule has 2 aromatic rings. The minimum atomic E-state index is -0.0151. The summed E-state index contributed by atoms with van der Waals surface area (Å²) in [7, 11) is 0. The summed E-state index contributed by atoms with van der Waals surface area (Å²) < 4.78 is 5.50. The number of hydrogen-bond donors (Lipinski definition) is 0. The number of carbonyl (C=O) groups excluding carboxylic acids is 1. The molecule has 1 aliphatic rings. The summed E-state index contributed by atoms with van der Waals surface area (Å²) in [5, 5.41) is 8.62. The van der Waals surface area contributed by atoms with Crippen LogP contribution in [-0.2, 0) is 4.79 Å². The summed E-state index contributed by atoms with van der Waals surface area (Å²) in [4.78, 5) is 16.1. The Labute approximate surface area is 139 Å². The number of rotatable bonds is 4. The van der Waals surface area contributed by atoms with Gasteiger partial charge in [0, 0.05) is 37.4 Å². The Bertz CT molecular complexity index is 643. The van der Waals surface area contributed by atoms with E-state index in [1.165, 1.54) is 0 Å². The van der Waals surface area contributed by atoms with E-state index in [0.29, 0.717) is 23.9 Å². The van der Waals surface area contributed by atoms with Gasteiger partial charge in [-0.15, -0.1) is 5.10 Å². The highest BCUT2D eigenvalue weighted by Gasteiger charge is 2.22. The molecule has 6 nitrogen and oxygen atoms in total. The van der Waals surface area contributed by atoms with Gasteiger partial charge in [-0.2, -0.15) is 5.10 Å². The van der Waals surface area contributed by atoms with Gasteiger partial charge in [-0.3, -0.25) is 4.79 Å². The van der Waals surface area contributed by atoms with Crippen LogP contribution in [0.3, 0.4) is 0 Å². The van der Waals surface area contributed by atoms with Gasteiger partial charge in [-0.1, -0.05) is 11.6 Å². The second kappa shape index (κ2) is 7.28. The second-order valence-electron chi connectivity index (χ2n) is 5.19. The molecule has 7 heteroatoms. The van der Waals surface area contributed by atoms with E-state index >= 15 is 0 Å². The van der Waals surface area contributed by atoms with Gasteiger partial charge in [0.05, 0.1) is 0 Å². The molecular weight excluding hydrogens is 316 g/mol. The lowest BCUT2D eigenvalue weighted by molar-refractivity contribution is -0.133. The maximum absolute atomic E-state index is 12.2. The van der Waals surface area contributed by atoms with Crippen molar-refractivity contribution in [3.05, 3.63) is 47.6 Å². The van der Waals surface area contributed by atoms with Crippen LogP contribution in [0.5, 0.6) is 5.75 Å². The molecule has 1 saturated heterocycles. The van der Waals surface area contributed by atoms with Gasteiger partial charge in [-0.05, 0) is 36.4 Å². The minimum Gasteiger partial charge on any atom is -0.484 e. The van der Waals surface area contributed by atoms with Gasteiger partial charge >= 0.3 is 0 Å². The van der Waals surface area contributed by atoms with Crippen molar-refractivity contribution < 1.29 is 9.53 Å². The van der Waals surface area contributed by atoms with Crippen LogP contribution in [-0.4, -0.2) is 53.8 Å². The molecule has 0 spiro atoms. The third-order valence-electron chi connectivity index (χ3n) is 3.69. The standard InChI is InChI=1S/C16H17ClN4O2/c17-13-3-5-14(6-4-13)23-12-16(22)21-10-8-20(9-11-21)15-2-1-7-18-19-15/h1-7H,8-12H2. The largest absolute Gasteiger partial charge is 0.484 e. The molecule has 1 amide bonds. The highest BCUT2D eigenvalue weighted by molar-refractivity contribution is 6.30. The van der Waals surface area contributed by atoms with Gasteiger partial charge in [0.2, 0.25) is 0 Å². The van der Waals surface area contributed by atoms with E-state index in [0.717, 1.165) is 18.9 Å². The number of nitrogens with zero attached hydrogens (tertiary/aromatic N) is 4. The average molecular weight is 333 g/mol. The summed E-state index contributed by atoms with van der Waals surface area (Å²) in [6.07, 6.45) is 1.65. The molecule has 3 rings (SSSR count). The first kappa shape index (κ1) is 15.6. The van der Waals surface area contributed by atoms with Crippen molar-refractivity contribution in [2.75, 3.05) is 37.7 Å². The van der Waals surface area contributed by atoms with Crippen LogP contribution >= 0.6 is 11.6 Å². The maximum atomic E-state index is 12.2. The Hall–Kier alpha value is -2.34. The molecule has 0 atom stereocenters. The fourth-order valence-electron chi connectivity index (χ4n) is 2.41. The average Bonchev–Trinajstić information content (AvgIpc) is 2.62. The lowest BCUT2D eigenvalue weighted by Gasteiger charge is -2.35. The van der Waals surface area contributed by atoms with Gasteiger partial charge in [0.25, 0.3) is 5.91 Å². The Morgan fingerprint density at radius 2 is 1.87 bits per heavy atom. The number of aromatic nitrogens is 2. The van der Waals surface area contributed by atoms with Gasteiger partial charge < -0.3 is 14.5 Å². The predicted molar refractivity (Wildman–Crippen MR) is 87.8 cm³/mol. The van der Waals surface area contributed by atoms with E-state index in [2.05, 4.69) is 15.1 Å². The second-order valence-corrected chi connectivity index (χ2v) is 5.63. The summed E-state index contributed by atoms with van der Waals surface area (Å²) in [5.41, 5.74) is 0. The van der Waals surface area contributed by atoms with Crippen molar-refractivity contribution in [3.8, 4) is 5.75 Å². The molecule has 1 aromatic carbocycles. The van der Waals surface area contributed by atoms with Crippen molar-refractivity contribution in [2.24, 2.45) is 0 Å². The van der Waals surface area contributed by atoms with E-state index in [9.17, 15) is 4.79 Å². The molecule has 2 heterocycles. The SMILES string of the molecule is O=C(COc1ccc(Cl)cc1)N1CCN(c2cccnn2)CC1. The molecule has 1 aromatic heterocycles. The molecule has 0 radical (unpaired) electrons. The third kappa shape index (κ3) is 4.10. The normalized spacial score (nSPS) is 14.7. The van der Waals surface area contributed by atoms with Crippen LogP contribution in [0.25, 0.3) is 0 Å². The molecule has 120 valence electrons. The number of ether oxygens (including phenoxy) is 1. The fourth-order valence-corrected chi connectivity index (χ4v) is 2.54. The molecule has 1 fully saturated rings. The first-order valence-corrected chi connectivity index (χ1v) is 7.79. The molecule has 0 bridgehead atoms. The smallest absolute Gasteiger partial charge is 0.260 e. The topological polar surface area (TPSA) is 58.6 Å². The van der Waals surface area contributed by atoms with Gasteiger partial charge in [0.1, 0.15) is 5.75 Å². The van der Waals surface area contributed by atoms with Crippen LogP contribution in [0.2, 0.25) is 5.02 Å². The van der Waals surface area contributed by atoms with Crippen molar-refractivity contribution >= 4 is 23.3 Å². The summed E-state index contributed by atoms with van der Waals surface area (Å²) in [5.74, 6) is 1.47. The molecule has 1 aliphatic heterocycles. The molecule has 0 aliphatic carbocycles. The fraction of sp³-hybridized carbons (Fsp3) is 0.312. The van der Waals surface area contributed by atoms with Gasteiger partial charge in [0.15, 0.2) is 12.4 Å².